The molecule has 4 nitrogen and oxygen atoms in total. The molecule has 0 atom stereocenters. The van der Waals surface area contributed by atoms with E-state index >= 15 is 0 Å². The predicted octanol–water partition coefficient (Wildman–Crippen LogP) is -0.111. The summed E-state index contributed by atoms with van der Waals surface area (Å²) >= 11 is 0. The van der Waals surface area contributed by atoms with Crippen LogP contribution in [0.2, 0.25) is 0 Å². The lowest BCUT2D eigenvalue weighted by atomic mass is 9.83. The third-order valence-corrected chi connectivity index (χ3v) is 2.29. The minimum absolute atomic E-state index is 0.0241. The largest absolute Gasteiger partial charge is 0.491 e. The zero-order valence-electron chi connectivity index (χ0n) is 8.72. The van der Waals surface area contributed by atoms with Crippen LogP contribution in [0.15, 0.2) is 30.6 Å². The van der Waals surface area contributed by atoms with Crippen molar-refractivity contribution in [2.24, 2.45) is 0 Å². The highest BCUT2D eigenvalue weighted by molar-refractivity contribution is 6.58. The van der Waals surface area contributed by atoms with E-state index in [2.05, 4.69) is 5.10 Å². The number of aromatic nitrogens is 2. The predicted molar refractivity (Wildman–Crippen MR) is 57.5 cm³/mol. The smallest absolute Gasteiger partial charge is 0.423 e. The number of benzene rings is 1. The van der Waals surface area contributed by atoms with Gasteiger partial charge in [0.2, 0.25) is 0 Å². The monoisotopic (exact) mass is 238 g/mol. The second-order valence-corrected chi connectivity index (χ2v) is 3.58. The van der Waals surface area contributed by atoms with Gasteiger partial charge in [0.1, 0.15) is 11.6 Å². The normalized spacial score (nSPS) is 10.6. The van der Waals surface area contributed by atoms with Crippen molar-refractivity contribution in [3.63, 3.8) is 0 Å². The van der Waals surface area contributed by atoms with Crippen molar-refractivity contribution in [1.29, 1.82) is 0 Å². The first-order valence-corrected chi connectivity index (χ1v) is 4.88. The zero-order chi connectivity index (χ0) is 12.4. The molecule has 88 valence electrons. The zero-order valence-corrected chi connectivity index (χ0v) is 8.72. The van der Waals surface area contributed by atoms with Crippen LogP contribution >= 0.6 is 0 Å². The molecule has 1 heterocycles. The van der Waals surface area contributed by atoms with E-state index in [1.165, 1.54) is 17.1 Å². The lowest BCUT2D eigenvalue weighted by Gasteiger charge is -2.03. The fraction of sp³-hybridized carbons (Fsp3) is 0.100. The first-order chi connectivity index (χ1) is 8.06. The number of rotatable bonds is 3. The summed E-state index contributed by atoms with van der Waals surface area (Å²) in [6, 6.07) is 3.15. The van der Waals surface area contributed by atoms with Gasteiger partial charge in [-0.25, -0.2) is 8.78 Å². The minimum atomic E-state index is -1.62. The van der Waals surface area contributed by atoms with E-state index in [4.69, 9.17) is 10.0 Å². The Bertz CT molecular complexity index is 531. The van der Waals surface area contributed by atoms with Gasteiger partial charge in [0, 0.05) is 23.4 Å². The van der Waals surface area contributed by atoms with E-state index in [-0.39, 0.29) is 17.6 Å². The second-order valence-electron chi connectivity index (χ2n) is 3.58. The third-order valence-electron chi connectivity index (χ3n) is 2.29. The van der Waals surface area contributed by atoms with E-state index in [1.807, 2.05) is 0 Å². The number of hydrogen-bond acceptors (Lipinski definition) is 3. The van der Waals surface area contributed by atoms with E-state index in [9.17, 15) is 8.78 Å². The molecule has 0 saturated heterocycles. The number of hydrogen-bond donors (Lipinski definition) is 2. The van der Waals surface area contributed by atoms with Crippen LogP contribution in [-0.2, 0) is 6.54 Å². The molecule has 2 aromatic rings. The molecule has 1 aromatic heterocycles. The van der Waals surface area contributed by atoms with Crippen LogP contribution in [-0.4, -0.2) is 26.9 Å². The highest BCUT2D eigenvalue weighted by Crippen LogP contribution is 2.10. The van der Waals surface area contributed by atoms with Crippen LogP contribution in [0.25, 0.3) is 0 Å². The molecule has 0 unspecified atom stereocenters. The number of halogens is 2. The maximum atomic E-state index is 13.3. The van der Waals surface area contributed by atoms with Crippen LogP contribution in [0.3, 0.4) is 0 Å². The van der Waals surface area contributed by atoms with Gasteiger partial charge in [0.05, 0.1) is 6.54 Å². The molecule has 0 fully saturated rings. The number of nitrogens with zero attached hydrogens (tertiary/aromatic N) is 2. The minimum Gasteiger partial charge on any atom is -0.423 e. The van der Waals surface area contributed by atoms with Crippen molar-refractivity contribution in [2.45, 2.75) is 6.54 Å². The molecule has 0 aliphatic carbocycles. The molecule has 2 N–H and O–H groups in total. The Balaban J connectivity index is 2.22. The Hall–Kier alpha value is -1.73. The van der Waals surface area contributed by atoms with Crippen molar-refractivity contribution < 1.29 is 18.8 Å². The SMILES string of the molecule is OB(O)c1cnn(Cc2cc(F)ccc2F)c1. The molecule has 1 aromatic carbocycles. The molecule has 0 aliphatic rings. The highest BCUT2D eigenvalue weighted by Gasteiger charge is 2.13. The van der Waals surface area contributed by atoms with Crippen LogP contribution in [0, 0.1) is 11.6 Å². The second kappa shape index (κ2) is 4.64. The summed E-state index contributed by atoms with van der Waals surface area (Å²) in [6.45, 7) is 0.0241. The van der Waals surface area contributed by atoms with Crippen LogP contribution in [0.5, 0.6) is 0 Å². The van der Waals surface area contributed by atoms with Crippen LogP contribution < -0.4 is 5.46 Å². The lowest BCUT2D eigenvalue weighted by molar-refractivity contribution is 0.425. The van der Waals surface area contributed by atoms with Crippen molar-refractivity contribution in [1.82, 2.24) is 9.78 Å². The van der Waals surface area contributed by atoms with Gasteiger partial charge in [-0.2, -0.15) is 5.10 Å². The van der Waals surface area contributed by atoms with E-state index in [0.29, 0.717) is 0 Å². The van der Waals surface area contributed by atoms with Gasteiger partial charge in [0.15, 0.2) is 0 Å². The summed E-state index contributed by atoms with van der Waals surface area (Å²) in [5.41, 5.74) is 0.342. The van der Waals surface area contributed by atoms with Gasteiger partial charge in [0.25, 0.3) is 0 Å². The van der Waals surface area contributed by atoms with Crippen molar-refractivity contribution in [3.05, 3.63) is 47.8 Å². The summed E-state index contributed by atoms with van der Waals surface area (Å²) in [7, 11) is -1.62. The molecular formula is C10H9BF2N2O2. The molecule has 0 aliphatic heterocycles. The van der Waals surface area contributed by atoms with Gasteiger partial charge in [-0.05, 0) is 18.2 Å². The molecule has 7 heteroatoms. The molecule has 0 radical (unpaired) electrons. The molecule has 2 rings (SSSR count). The molecule has 17 heavy (non-hydrogen) atoms. The van der Waals surface area contributed by atoms with Crippen molar-refractivity contribution >= 4 is 12.6 Å². The molecular weight excluding hydrogens is 229 g/mol. The standard InChI is InChI=1S/C10H9BF2N2O2/c12-9-1-2-10(13)7(3-9)5-15-6-8(4-14-15)11(16)17/h1-4,6,16-17H,5H2. The first kappa shape index (κ1) is 11.8. The summed E-state index contributed by atoms with van der Waals surface area (Å²) in [4.78, 5) is 0. The van der Waals surface area contributed by atoms with Gasteiger partial charge in [-0.3, -0.25) is 4.68 Å². The average Bonchev–Trinajstić information content (AvgIpc) is 2.72. The average molecular weight is 238 g/mol. The van der Waals surface area contributed by atoms with E-state index in [1.54, 1.807) is 0 Å². The Labute approximate surface area is 96.3 Å². The summed E-state index contributed by atoms with van der Waals surface area (Å²) in [5.74, 6) is -1.07. The maximum Gasteiger partial charge on any atom is 0.491 e. The van der Waals surface area contributed by atoms with Crippen molar-refractivity contribution in [2.75, 3.05) is 0 Å². The maximum absolute atomic E-state index is 13.3. The van der Waals surface area contributed by atoms with Crippen molar-refractivity contribution in [3.8, 4) is 0 Å². The van der Waals surface area contributed by atoms with E-state index < -0.39 is 18.8 Å². The van der Waals surface area contributed by atoms with Gasteiger partial charge in [-0.15, -0.1) is 0 Å². The fourth-order valence-electron chi connectivity index (χ4n) is 1.44. The molecule has 0 saturated carbocycles. The van der Waals surface area contributed by atoms with Gasteiger partial charge < -0.3 is 10.0 Å². The quantitative estimate of drug-likeness (QED) is 0.733. The Morgan fingerprint density at radius 3 is 2.71 bits per heavy atom. The summed E-state index contributed by atoms with van der Waals surface area (Å²) in [6.07, 6.45) is 2.61. The molecule has 0 bridgehead atoms. The lowest BCUT2D eigenvalue weighted by Crippen LogP contribution is -2.28. The molecule has 0 amide bonds. The highest BCUT2D eigenvalue weighted by atomic mass is 19.1. The first-order valence-electron chi connectivity index (χ1n) is 4.88. The van der Waals surface area contributed by atoms with Crippen LogP contribution in [0.4, 0.5) is 8.78 Å². The fourth-order valence-corrected chi connectivity index (χ4v) is 1.44. The molecule has 0 spiro atoms. The summed E-state index contributed by atoms with van der Waals surface area (Å²) in [5, 5.41) is 21.6. The Morgan fingerprint density at radius 1 is 1.29 bits per heavy atom. The topological polar surface area (TPSA) is 58.3 Å². The Morgan fingerprint density at radius 2 is 2.06 bits per heavy atom. The summed E-state index contributed by atoms with van der Waals surface area (Å²) < 4.78 is 27.5. The Kier molecular flexibility index (Phi) is 3.21. The third kappa shape index (κ3) is 2.69. The van der Waals surface area contributed by atoms with Gasteiger partial charge >= 0.3 is 7.12 Å². The van der Waals surface area contributed by atoms with E-state index in [0.717, 1.165) is 18.2 Å². The van der Waals surface area contributed by atoms with Gasteiger partial charge in [-0.1, -0.05) is 0 Å². The van der Waals surface area contributed by atoms with Crippen LogP contribution in [0.1, 0.15) is 5.56 Å².